The topological polar surface area (TPSA) is 81.7 Å². The summed E-state index contributed by atoms with van der Waals surface area (Å²) >= 11 is 1.10. The van der Waals surface area contributed by atoms with E-state index in [1.165, 1.54) is 0 Å². The Morgan fingerprint density at radius 3 is 2.31 bits per heavy atom. The summed E-state index contributed by atoms with van der Waals surface area (Å²) in [6, 6.07) is 20.7. The number of rotatable bonds is 5. The molecule has 1 N–H and O–H groups in total. The number of pyridine rings is 1. The summed E-state index contributed by atoms with van der Waals surface area (Å²) in [5, 5.41) is 23.3. The van der Waals surface area contributed by atoms with Crippen molar-refractivity contribution in [3.05, 3.63) is 66.2 Å². The Morgan fingerprint density at radius 2 is 1.69 bits per heavy atom. The van der Waals surface area contributed by atoms with Crippen LogP contribution in [0.3, 0.4) is 0 Å². The van der Waals surface area contributed by atoms with Gasteiger partial charge in [-0.05, 0) is 72.4 Å². The van der Waals surface area contributed by atoms with Gasteiger partial charge in [-0.25, -0.2) is 4.98 Å². The number of anilines is 2. The average molecular weight is 358 g/mol. The zero-order valence-electron chi connectivity index (χ0n) is 13.9. The summed E-state index contributed by atoms with van der Waals surface area (Å²) in [5.74, 6) is 1.26. The average Bonchev–Trinajstić information content (AvgIpc) is 2.70. The lowest BCUT2D eigenvalue weighted by atomic mass is 10.1. The third-order valence-electron chi connectivity index (χ3n) is 3.68. The summed E-state index contributed by atoms with van der Waals surface area (Å²) in [7, 11) is 1.62. The quantitative estimate of drug-likeness (QED) is 0.513. The predicted octanol–water partition coefficient (Wildman–Crippen LogP) is 4.95. The molecule has 1 aromatic heterocycles. The van der Waals surface area contributed by atoms with Gasteiger partial charge in [-0.3, -0.25) is 0 Å². The molecule has 2 aromatic carbocycles. The molecule has 6 heteroatoms. The Bertz CT molecular complexity index is 986. The normalized spacial score (nSPS) is 9.81. The minimum absolute atomic E-state index is 0.456. The van der Waals surface area contributed by atoms with Gasteiger partial charge in [-0.1, -0.05) is 0 Å². The molecular formula is C20H14N4OS. The third-order valence-corrected chi connectivity index (χ3v) is 4.28. The van der Waals surface area contributed by atoms with Crippen LogP contribution in [0.15, 0.2) is 65.6 Å². The second kappa shape index (κ2) is 8.06. The van der Waals surface area contributed by atoms with E-state index in [9.17, 15) is 5.26 Å². The first kappa shape index (κ1) is 17.3. The molecule has 0 atom stereocenters. The van der Waals surface area contributed by atoms with Gasteiger partial charge in [0.25, 0.3) is 0 Å². The van der Waals surface area contributed by atoms with E-state index < -0.39 is 0 Å². The summed E-state index contributed by atoms with van der Waals surface area (Å²) < 4.78 is 5.17. The molecule has 0 saturated heterocycles. The van der Waals surface area contributed by atoms with Crippen molar-refractivity contribution in [1.82, 2.24) is 4.98 Å². The van der Waals surface area contributed by atoms with E-state index in [0.717, 1.165) is 39.4 Å². The van der Waals surface area contributed by atoms with Crippen molar-refractivity contribution in [1.29, 1.82) is 10.5 Å². The Morgan fingerprint density at radius 1 is 0.962 bits per heavy atom. The first-order valence-electron chi connectivity index (χ1n) is 7.72. The van der Waals surface area contributed by atoms with Crippen LogP contribution in [0.2, 0.25) is 0 Å². The van der Waals surface area contributed by atoms with Gasteiger partial charge in [0.15, 0.2) is 0 Å². The van der Waals surface area contributed by atoms with Gasteiger partial charge in [0, 0.05) is 16.1 Å². The fourth-order valence-corrected chi connectivity index (χ4v) is 2.74. The van der Waals surface area contributed by atoms with Gasteiger partial charge in [-0.2, -0.15) is 10.5 Å². The fraction of sp³-hybridized carbons (Fsp3) is 0.0500. The van der Waals surface area contributed by atoms with E-state index >= 15 is 0 Å². The lowest BCUT2D eigenvalue weighted by molar-refractivity contribution is 0.415. The molecule has 0 unspecified atom stereocenters. The SMILES string of the molecule is COc1ccc(-c2ccc(C#N)c(Nc3ccc(SC#N)cc3)n2)cc1. The molecule has 0 bridgehead atoms. The monoisotopic (exact) mass is 358 g/mol. The van der Waals surface area contributed by atoms with Crippen LogP contribution in [0, 0.1) is 22.0 Å². The van der Waals surface area contributed by atoms with Crippen LogP contribution < -0.4 is 10.1 Å². The number of hydrogen-bond donors (Lipinski definition) is 1. The van der Waals surface area contributed by atoms with E-state index in [1.54, 1.807) is 13.2 Å². The number of thioether (sulfide) groups is 1. The zero-order valence-corrected chi connectivity index (χ0v) is 14.7. The minimum Gasteiger partial charge on any atom is -0.497 e. The molecule has 0 fully saturated rings. The maximum atomic E-state index is 9.35. The van der Waals surface area contributed by atoms with Crippen molar-refractivity contribution in [3.63, 3.8) is 0 Å². The second-order valence-electron chi connectivity index (χ2n) is 5.28. The van der Waals surface area contributed by atoms with Crippen molar-refractivity contribution in [3.8, 4) is 28.5 Å². The van der Waals surface area contributed by atoms with Crippen LogP contribution in [0.1, 0.15) is 5.56 Å². The van der Waals surface area contributed by atoms with Crippen LogP contribution >= 0.6 is 11.8 Å². The number of hydrogen-bond acceptors (Lipinski definition) is 6. The third kappa shape index (κ3) is 3.94. The lowest BCUT2D eigenvalue weighted by Gasteiger charge is -2.10. The number of ether oxygens (including phenoxy) is 1. The highest BCUT2D eigenvalue weighted by Crippen LogP contribution is 2.26. The predicted molar refractivity (Wildman–Crippen MR) is 102 cm³/mol. The van der Waals surface area contributed by atoms with Crippen molar-refractivity contribution in [2.24, 2.45) is 0 Å². The fourth-order valence-electron chi connectivity index (χ4n) is 2.36. The largest absolute Gasteiger partial charge is 0.497 e. The van der Waals surface area contributed by atoms with E-state index in [1.807, 2.05) is 60.0 Å². The molecule has 0 amide bonds. The molecule has 0 aliphatic carbocycles. The first-order valence-corrected chi connectivity index (χ1v) is 8.53. The van der Waals surface area contributed by atoms with E-state index in [-0.39, 0.29) is 0 Å². The number of thiocyanates is 1. The molecule has 126 valence electrons. The molecule has 0 spiro atoms. The van der Waals surface area contributed by atoms with Crippen LogP contribution in [-0.4, -0.2) is 12.1 Å². The Balaban J connectivity index is 1.90. The molecule has 0 saturated carbocycles. The van der Waals surface area contributed by atoms with E-state index in [2.05, 4.69) is 16.4 Å². The maximum absolute atomic E-state index is 9.35. The number of nitrogens with zero attached hydrogens (tertiary/aromatic N) is 3. The highest BCUT2D eigenvalue weighted by Gasteiger charge is 2.08. The number of nitrogens with one attached hydrogen (secondary N) is 1. The molecule has 26 heavy (non-hydrogen) atoms. The van der Waals surface area contributed by atoms with Gasteiger partial charge < -0.3 is 10.1 Å². The van der Waals surface area contributed by atoms with Gasteiger partial charge in [0.1, 0.15) is 23.0 Å². The molecular weight excluding hydrogens is 344 g/mol. The highest BCUT2D eigenvalue weighted by atomic mass is 32.2. The Hall–Kier alpha value is -3.48. The van der Waals surface area contributed by atoms with Gasteiger partial charge in [0.2, 0.25) is 0 Å². The van der Waals surface area contributed by atoms with Gasteiger partial charge in [0.05, 0.1) is 18.4 Å². The zero-order chi connectivity index (χ0) is 18.4. The number of aromatic nitrogens is 1. The van der Waals surface area contributed by atoms with Crippen molar-refractivity contribution in [2.75, 3.05) is 12.4 Å². The van der Waals surface area contributed by atoms with Crippen LogP contribution in [0.25, 0.3) is 11.3 Å². The Kier molecular flexibility index (Phi) is 5.38. The number of methoxy groups -OCH3 is 1. The van der Waals surface area contributed by atoms with Crippen molar-refractivity contribution >= 4 is 23.3 Å². The number of benzene rings is 2. The van der Waals surface area contributed by atoms with E-state index in [0.29, 0.717) is 11.4 Å². The second-order valence-corrected chi connectivity index (χ2v) is 6.13. The molecule has 0 aliphatic rings. The van der Waals surface area contributed by atoms with Crippen LogP contribution in [0.4, 0.5) is 11.5 Å². The standard InChI is InChI=1S/C20H14N4OS/c1-25-17-7-2-14(3-8-17)19-11-4-15(12-21)20(24-19)23-16-5-9-18(10-6-16)26-13-22/h2-11H,1H3,(H,23,24). The van der Waals surface area contributed by atoms with Crippen LogP contribution in [-0.2, 0) is 0 Å². The highest BCUT2D eigenvalue weighted by molar-refractivity contribution is 8.03. The molecule has 3 aromatic rings. The first-order chi connectivity index (χ1) is 12.7. The van der Waals surface area contributed by atoms with Crippen LogP contribution in [0.5, 0.6) is 5.75 Å². The summed E-state index contributed by atoms with van der Waals surface area (Å²) in [5.41, 5.74) is 2.94. The molecule has 0 radical (unpaired) electrons. The van der Waals surface area contributed by atoms with Crippen molar-refractivity contribution in [2.45, 2.75) is 4.90 Å². The summed E-state index contributed by atoms with van der Waals surface area (Å²) in [4.78, 5) is 5.45. The molecule has 5 nitrogen and oxygen atoms in total. The smallest absolute Gasteiger partial charge is 0.149 e. The van der Waals surface area contributed by atoms with Gasteiger partial charge >= 0.3 is 0 Å². The Labute approximate surface area is 155 Å². The lowest BCUT2D eigenvalue weighted by Crippen LogP contribution is -1.98. The number of nitriles is 2. The maximum Gasteiger partial charge on any atom is 0.149 e. The summed E-state index contributed by atoms with van der Waals surface area (Å²) in [6.07, 6.45) is 0. The molecule has 0 aliphatic heterocycles. The molecule has 1 heterocycles. The van der Waals surface area contributed by atoms with Crippen molar-refractivity contribution < 1.29 is 4.74 Å². The minimum atomic E-state index is 0.456. The van der Waals surface area contributed by atoms with E-state index in [4.69, 9.17) is 10.00 Å². The molecule has 3 rings (SSSR count). The summed E-state index contributed by atoms with van der Waals surface area (Å²) in [6.45, 7) is 0. The van der Waals surface area contributed by atoms with Gasteiger partial charge in [-0.15, -0.1) is 0 Å².